The molecule has 3 nitrogen and oxygen atoms in total. The summed E-state index contributed by atoms with van der Waals surface area (Å²) in [5.74, 6) is -0.341. The molecule has 0 aliphatic carbocycles. The molecular weight excluding hydrogens is 917 g/mol. The molecule has 0 aliphatic rings. The minimum Gasteiger partial charge on any atom is -0.289 e. The van der Waals surface area contributed by atoms with Gasteiger partial charge in [0.05, 0.1) is 5.02 Å². The van der Waals surface area contributed by atoms with Gasteiger partial charge in [0.1, 0.15) is 0 Å². The van der Waals surface area contributed by atoms with Gasteiger partial charge in [0.15, 0.2) is 17.3 Å². The predicted octanol–water partition coefficient (Wildman–Crippen LogP) is 16.1. The Kier molecular flexibility index (Phi) is 18.2. The largest absolute Gasteiger partial charge is 0.289 e. The normalized spacial score (nSPS) is 10.9. The molecule has 6 aromatic rings. The maximum Gasteiger partial charge on any atom is 0.187 e. The lowest BCUT2D eigenvalue weighted by Gasteiger charge is -2.01. The third kappa shape index (κ3) is 14.2. The number of ketones is 3. The van der Waals surface area contributed by atoms with Gasteiger partial charge < -0.3 is 0 Å². The van der Waals surface area contributed by atoms with Crippen molar-refractivity contribution < 1.29 is 14.4 Å². The first kappa shape index (κ1) is 44.8. The maximum atomic E-state index is 12.0. The van der Waals surface area contributed by atoms with Crippen molar-refractivity contribution in [1.29, 1.82) is 0 Å². The fraction of sp³-hybridized carbons (Fsp3) is 0. The zero-order valence-corrected chi connectivity index (χ0v) is 35.8. The fourth-order valence-electron chi connectivity index (χ4n) is 4.58. The number of hydrogen-bond acceptors (Lipinski definition) is 3. The lowest BCUT2D eigenvalue weighted by molar-refractivity contribution is 0.103. The molecule has 0 atom stereocenters. The molecule has 0 aromatic heterocycles. The van der Waals surface area contributed by atoms with Crippen LogP contribution in [0.4, 0.5) is 0 Å². The third-order valence-corrected chi connectivity index (χ3v) is 10.2. The highest BCUT2D eigenvalue weighted by molar-refractivity contribution is 9.10. The first-order valence-corrected chi connectivity index (χ1v) is 19.8. The summed E-state index contributed by atoms with van der Waals surface area (Å²) in [4.78, 5) is 35.8. The van der Waals surface area contributed by atoms with E-state index in [0.29, 0.717) is 63.0 Å². The van der Waals surface area contributed by atoms with Gasteiger partial charge >= 0.3 is 0 Å². The van der Waals surface area contributed by atoms with Crippen molar-refractivity contribution in [2.75, 3.05) is 0 Å². The van der Waals surface area contributed by atoms with Gasteiger partial charge in [-0.25, -0.2) is 0 Å². The van der Waals surface area contributed by atoms with E-state index in [4.69, 9.17) is 81.2 Å². The van der Waals surface area contributed by atoms with Crippen molar-refractivity contribution in [3.05, 3.63) is 225 Å². The van der Waals surface area contributed by atoms with Crippen LogP contribution in [0.3, 0.4) is 0 Å². The van der Waals surface area contributed by atoms with Crippen molar-refractivity contribution in [2.45, 2.75) is 0 Å². The summed E-state index contributed by atoms with van der Waals surface area (Å²) in [7, 11) is 0. The van der Waals surface area contributed by atoms with Gasteiger partial charge in [0.2, 0.25) is 0 Å². The Balaban J connectivity index is 0.000000187. The van der Waals surface area contributed by atoms with Gasteiger partial charge in [-0.2, -0.15) is 0 Å². The zero-order chi connectivity index (χ0) is 40.6. The molecule has 282 valence electrons. The van der Waals surface area contributed by atoms with Crippen molar-refractivity contribution in [1.82, 2.24) is 0 Å². The number of benzene rings is 6. The van der Waals surface area contributed by atoms with Gasteiger partial charge in [0.25, 0.3) is 0 Å². The maximum absolute atomic E-state index is 12.0. The Morgan fingerprint density at radius 3 is 1.23 bits per heavy atom. The van der Waals surface area contributed by atoms with Crippen LogP contribution in [-0.4, -0.2) is 17.3 Å². The molecule has 56 heavy (non-hydrogen) atoms. The Morgan fingerprint density at radius 2 is 0.768 bits per heavy atom. The number of carbonyl (C=O) groups is 3. The second kappa shape index (κ2) is 22.7. The van der Waals surface area contributed by atoms with E-state index >= 15 is 0 Å². The molecule has 0 saturated carbocycles. The van der Waals surface area contributed by atoms with Crippen LogP contribution in [0.25, 0.3) is 18.2 Å². The van der Waals surface area contributed by atoms with Crippen LogP contribution in [-0.2, 0) is 0 Å². The molecule has 0 fully saturated rings. The van der Waals surface area contributed by atoms with E-state index in [1.165, 1.54) is 12.2 Å². The van der Waals surface area contributed by atoms with Crippen LogP contribution < -0.4 is 0 Å². The zero-order valence-electron chi connectivity index (χ0n) is 28.9. The van der Waals surface area contributed by atoms with Crippen LogP contribution in [0.1, 0.15) is 47.8 Å². The van der Waals surface area contributed by atoms with Gasteiger partial charge in [-0.3, -0.25) is 14.4 Å². The van der Waals surface area contributed by atoms with Gasteiger partial charge in [-0.1, -0.05) is 140 Å². The number of rotatable bonds is 9. The molecular formula is C45H28BrCl7O3. The van der Waals surface area contributed by atoms with Gasteiger partial charge in [-0.05, 0) is 133 Å². The molecule has 0 N–H and O–H groups in total. The van der Waals surface area contributed by atoms with Gasteiger partial charge in [-0.15, -0.1) is 0 Å². The van der Waals surface area contributed by atoms with Crippen molar-refractivity contribution in [3.8, 4) is 0 Å². The molecule has 0 unspecified atom stereocenters. The van der Waals surface area contributed by atoms with Crippen molar-refractivity contribution >= 4 is 133 Å². The molecule has 0 amide bonds. The third-order valence-electron chi connectivity index (χ3n) is 7.50. The van der Waals surface area contributed by atoms with E-state index in [-0.39, 0.29) is 17.3 Å². The topological polar surface area (TPSA) is 51.2 Å². The van der Waals surface area contributed by atoms with Gasteiger partial charge in [0, 0.05) is 62.4 Å². The number of halogens is 8. The Bertz CT molecular complexity index is 2350. The summed E-state index contributed by atoms with van der Waals surface area (Å²) in [6.07, 6.45) is 9.40. The highest BCUT2D eigenvalue weighted by Crippen LogP contribution is 2.27. The number of allylic oxidation sites excluding steroid dienone is 3. The van der Waals surface area contributed by atoms with Crippen molar-refractivity contribution in [2.24, 2.45) is 0 Å². The second-order valence-electron chi connectivity index (χ2n) is 11.4. The molecule has 0 aliphatic heterocycles. The van der Waals surface area contributed by atoms with Crippen molar-refractivity contribution in [3.63, 3.8) is 0 Å². The average Bonchev–Trinajstić information content (AvgIpc) is 3.18. The monoisotopic (exact) mass is 940 g/mol. The standard InChI is InChI=1S/C15H10BrClO.2C15H9Cl3O/c16-13-6-4-12(5-7-13)15(18)10-3-11-1-8-14(17)9-2-11;16-12-6-3-7-13(17)10(12)8-9-15(19)11-4-1-2-5-14(11)18;16-11-6-4-10(5-7-11)15(19)9-8-12-13(17)2-1-3-14(12)18/h1-10H;2*1-9H. The molecule has 0 heterocycles. The highest BCUT2D eigenvalue weighted by Gasteiger charge is 2.08. The van der Waals surface area contributed by atoms with Crippen LogP contribution in [0.2, 0.25) is 35.2 Å². The Hall–Kier alpha value is -3.94. The minimum atomic E-state index is -0.193. The molecule has 6 aromatic carbocycles. The summed E-state index contributed by atoms with van der Waals surface area (Å²) in [6, 6.07) is 38.5. The van der Waals surface area contributed by atoms with Crippen LogP contribution in [0.5, 0.6) is 0 Å². The highest BCUT2D eigenvalue weighted by atomic mass is 79.9. The van der Waals surface area contributed by atoms with Crippen LogP contribution in [0, 0.1) is 0 Å². The van der Waals surface area contributed by atoms with E-state index < -0.39 is 0 Å². The van der Waals surface area contributed by atoms with E-state index in [2.05, 4.69) is 15.9 Å². The summed E-state index contributed by atoms with van der Waals surface area (Å²) in [5, 5.41) is 3.70. The first-order chi connectivity index (χ1) is 26.8. The predicted molar refractivity (Wildman–Crippen MR) is 242 cm³/mol. The molecule has 6 rings (SSSR count). The Morgan fingerprint density at radius 1 is 0.393 bits per heavy atom. The number of hydrogen-bond donors (Lipinski definition) is 0. The summed E-state index contributed by atoms with van der Waals surface area (Å²) < 4.78 is 0.959. The number of carbonyl (C=O) groups excluding carboxylic acids is 3. The van der Waals surface area contributed by atoms with Crippen LogP contribution >= 0.6 is 97.1 Å². The van der Waals surface area contributed by atoms with E-state index in [1.807, 2.05) is 24.3 Å². The summed E-state index contributed by atoms with van der Waals surface area (Å²) >= 11 is 44.9. The fourth-order valence-corrected chi connectivity index (χ4v) is 6.37. The molecule has 0 saturated heterocycles. The van der Waals surface area contributed by atoms with E-state index in [9.17, 15) is 14.4 Å². The average molecular weight is 945 g/mol. The quantitative estimate of drug-likeness (QED) is 0.107. The van der Waals surface area contributed by atoms with E-state index in [0.717, 1.165) is 10.0 Å². The SMILES string of the molecule is O=C(C=Cc1c(Cl)cccc1Cl)c1ccc(Cl)cc1.O=C(C=Cc1c(Cl)cccc1Cl)c1ccccc1Cl.O=C(C=Cc1ccc(Cl)cc1)c1ccc(Br)cc1. The second-order valence-corrected chi connectivity index (χ2v) is 15.2. The molecule has 0 spiro atoms. The smallest absolute Gasteiger partial charge is 0.187 e. The molecule has 11 heteroatoms. The lowest BCUT2D eigenvalue weighted by Crippen LogP contribution is -1.94. The first-order valence-electron chi connectivity index (χ1n) is 16.4. The van der Waals surface area contributed by atoms with Crippen LogP contribution in [0.15, 0.2) is 156 Å². The lowest BCUT2D eigenvalue weighted by atomic mass is 10.1. The Labute approximate surface area is 368 Å². The molecule has 0 bridgehead atoms. The summed E-state index contributed by atoms with van der Waals surface area (Å²) in [5.41, 5.74) is 3.88. The molecule has 0 radical (unpaired) electrons. The minimum absolute atomic E-state index is 0.0162. The summed E-state index contributed by atoms with van der Waals surface area (Å²) in [6.45, 7) is 0. The van der Waals surface area contributed by atoms with E-state index in [1.54, 1.807) is 133 Å².